The highest BCUT2D eigenvalue weighted by Crippen LogP contribution is 2.08. The summed E-state index contributed by atoms with van der Waals surface area (Å²) in [5.74, 6) is 1.47. The van der Waals surface area contributed by atoms with E-state index in [1.165, 1.54) is 0 Å². The number of fused-ring (bicyclic) bond motifs is 1. The van der Waals surface area contributed by atoms with Gasteiger partial charge in [0.25, 0.3) is 0 Å². The van der Waals surface area contributed by atoms with Gasteiger partial charge in [-0.2, -0.15) is 14.6 Å². The van der Waals surface area contributed by atoms with Crippen molar-refractivity contribution in [3.05, 3.63) is 17.6 Å². The summed E-state index contributed by atoms with van der Waals surface area (Å²) in [6.07, 6.45) is 0. The summed E-state index contributed by atoms with van der Waals surface area (Å²) in [6.45, 7) is 3.80. The Kier molecular flexibility index (Phi) is 1.65. The van der Waals surface area contributed by atoms with Crippen LogP contribution >= 0.6 is 0 Å². The highest BCUT2D eigenvalue weighted by molar-refractivity contribution is 5.45. The van der Waals surface area contributed by atoms with Crippen molar-refractivity contribution in [2.75, 3.05) is 12.4 Å². The van der Waals surface area contributed by atoms with Crippen LogP contribution in [0, 0.1) is 13.8 Å². The topological polar surface area (TPSA) is 55.1 Å². The molecule has 68 valence electrons. The number of rotatable bonds is 1. The average molecular weight is 177 g/mol. The van der Waals surface area contributed by atoms with Crippen molar-refractivity contribution in [2.24, 2.45) is 0 Å². The summed E-state index contributed by atoms with van der Waals surface area (Å²) < 4.78 is 1.70. The first-order valence-corrected chi connectivity index (χ1v) is 4.09. The molecule has 0 aliphatic carbocycles. The highest BCUT2D eigenvalue weighted by Gasteiger charge is 2.05. The summed E-state index contributed by atoms with van der Waals surface area (Å²) >= 11 is 0. The van der Waals surface area contributed by atoms with Crippen LogP contribution in [0.2, 0.25) is 0 Å². The number of aryl methyl sites for hydroxylation is 2. The quantitative estimate of drug-likeness (QED) is 0.699. The van der Waals surface area contributed by atoms with Crippen molar-refractivity contribution in [1.29, 1.82) is 0 Å². The van der Waals surface area contributed by atoms with E-state index in [1.54, 1.807) is 4.52 Å². The summed E-state index contributed by atoms with van der Waals surface area (Å²) in [5.41, 5.74) is 1.77. The Morgan fingerprint density at radius 1 is 1.31 bits per heavy atom. The third kappa shape index (κ3) is 1.22. The molecule has 0 aliphatic rings. The summed E-state index contributed by atoms with van der Waals surface area (Å²) in [7, 11) is 1.82. The molecule has 2 aromatic heterocycles. The summed E-state index contributed by atoms with van der Waals surface area (Å²) in [5, 5.41) is 7.23. The molecule has 0 saturated heterocycles. The molecule has 2 aromatic rings. The summed E-state index contributed by atoms with van der Waals surface area (Å²) in [6, 6.07) is 1.93. The molecule has 0 spiro atoms. The number of anilines is 1. The molecule has 0 amide bonds. The van der Waals surface area contributed by atoms with E-state index < -0.39 is 0 Å². The summed E-state index contributed by atoms with van der Waals surface area (Å²) in [4.78, 5) is 8.47. The van der Waals surface area contributed by atoms with Crippen molar-refractivity contribution >= 4 is 11.6 Å². The predicted octanol–water partition coefficient (Wildman–Crippen LogP) is 0.783. The van der Waals surface area contributed by atoms with Crippen LogP contribution in [0.1, 0.15) is 11.5 Å². The van der Waals surface area contributed by atoms with E-state index >= 15 is 0 Å². The normalized spacial score (nSPS) is 10.7. The van der Waals surface area contributed by atoms with Crippen LogP contribution in [0.15, 0.2) is 6.07 Å². The van der Waals surface area contributed by atoms with Crippen LogP contribution in [0.25, 0.3) is 5.65 Å². The SMILES string of the molecule is CNc1nc(C)nc2cc(C)nn12. The molecule has 2 heterocycles. The Balaban J connectivity index is 2.80. The maximum atomic E-state index is 4.25. The van der Waals surface area contributed by atoms with Gasteiger partial charge in [-0.25, -0.2) is 4.98 Å². The Morgan fingerprint density at radius 2 is 2.08 bits per heavy atom. The number of nitrogens with one attached hydrogen (secondary N) is 1. The van der Waals surface area contributed by atoms with Crippen molar-refractivity contribution in [1.82, 2.24) is 19.6 Å². The maximum absolute atomic E-state index is 4.25. The monoisotopic (exact) mass is 177 g/mol. The molecule has 2 rings (SSSR count). The van der Waals surface area contributed by atoms with Gasteiger partial charge in [0.1, 0.15) is 5.82 Å². The zero-order valence-corrected chi connectivity index (χ0v) is 7.87. The van der Waals surface area contributed by atoms with Crippen LogP contribution < -0.4 is 5.32 Å². The second kappa shape index (κ2) is 2.69. The molecule has 0 atom stereocenters. The Hall–Kier alpha value is -1.65. The van der Waals surface area contributed by atoms with Crippen LogP contribution in [0.3, 0.4) is 0 Å². The van der Waals surface area contributed by atoms with Crippen molar-refractivity contribution in [2.45, 2.75) is 13.8 Å². The number of hydrogen-bond donors (Lipinski definition) is 1. The van der Waals surface area contributed by atoms with Gasteiger partial charge in [-0.3, -0.25) is 0 Å². The van der Waals surface area contributed by atoms with Crippen LogP contribution in [-0.2, 0) is 0 Å². The molecule has 5 heteroatoms. The molecule has 0 aliphatic heterocycles. The Labute approximate surface area is 75.8 Å². The minimum atomic E-state index is 0.718. The second-order valence-corrected chi connectivity index (χ2v) is 2.90. The van der Waals surface area contributed by atoms with Crippen LogP contribution in [-0.4, -0.2) is 26.6 Å². The molecule has 0 radical (unpaired) electrons. The van der Waals surface area contributed by atoms with E-state index in [9.17, 15) is 0 Å². The number of nitrogens with zero attached hydrogens (tertiary/aromatic N) is 4. The highest BCUT2D eigenvalue weighted by atomic mass is 15.3. The lowest BCUT2D eigenvalue weighted by atomic mass is 10.5. The molecule has 0 fully saturated rings. The smallest absolute Gasteiger partial charge is 0.227 e. The van der Waals surface area contributed by atoms with E-state index in [-0.39, 0.29) is 0 Å². The third-order valence-electron chi connectivity index (χ3n) is 1.78. The van der Waals surface area contributed by atoms with Crippen molar-refractivity contribution in [3.63, 3.8) is 0 Å². The zero-order chi connectivity index (χ0) is 9.42. The van der Waals surface area contributed by atoms with Gasteiger partial charge >= 0.3 is 0 Å². The van der Waals surface area contributed by atoms with Gasteiger partial charge in [0.15, 0.2) is 5.65 Å². The average Bonchev–Trinajstić information content (AvgIpc) is 2.43. The third-order valence-corrected chi connectivity index (χ3v) is 1.78. The van der Waals surface area contributed by atoms with E-state index in [4.69, 9.17) is 0 Å². The molecule has 13 heavy (non-hydrogen) atoms. The number of aromatic nitrogens is 4. The van der Waals surface area contributed by atoms with Gasteiger partial charge in [0.2, 0.25) is 5.95 Å². The minimum Gasteiger partial charge on any atom is -0.357 e. The van der Waals surface area contributed by atoms with Crippen molar-refractivity contribution in [3.8, 4) is 0 Å². The van der Waals surface area contributed by atoms with Gasteiger partial charge in [-0.05, 0) is 13.8 Å². The van der Waals surface area contributed by atoms with Gasteiger partial charge in [-0.1, -0.05) is 0 Å². The standard InChI is InChI=1S/C8H11N5/c1-5-4-7-10-6(2)11-8(9-3)13(7)12-5/h4H,1-3H3,(H,9,10,11). The Bertz CT molecular complexity index is 445. The lowest BCUT2D eigenvalue weighted by Gasteiger charge is -2.02. The van der Waals surface area contributed by atoms with E-state index in [2.05, 4.69) is 20.4 Å². The Morgan fingerprint density at radius 3 is 2.77 bits per heavy atom. The zero-order valence-electron chi connectivity index (χ0n) is 7.87. The fraction of sp³-hybridized carbons (Fsp3) is 0.375. The fourth-order valence-corrected chi connectivity index (χ4v) is 1.27. The first kappa shape index (κ1) is 7.97. The maximum Gasteiger partial charge on any atom is 0.227 e. The van der Waals surface area contributed by atoms with Gasteiger partial charge < -0.3 is 5.32 Å². The molecule has 0 bridgehead atoms. The van der Waals surface area contributed by atoms with Crippen LogP contribution in [0.4, 0.5) is 5.95 Å². The molecule has 5 nitrogen and oxygen atoms in total. The van der Waals surface area contributed by atoms with E-state index in [0.29, 0.717) is 0 Å². The van der Waals surface area contributed by atoms with Crippen molar-refractivity contribution < 1.29 is 0 Å². The lowest BCUT2D eigenvalue weighted by molar-refractivity contribution is 0.865. The molecule has 0 saturated carbocycles. The van der Waals surface area contributed by atoms with Crippen LogP contribution in [0.5, 0.6) is 0 Å². The first-order valence-electron chi connectivity index (χ1n) is 4.09. The molecular formula is C8H11N5. The van der Waals surface area contributed by atoms with E-state index in [0.717, 1.165) is 23.1 Å². The largest absolute Gasteiger partial charge is 0.357 e. The number of hydrogen-bond acceptors (Lipinski definition) is 4. The molecule has 0 unspecified atom stereocenters. The van der Waals surface area contributed by atoms with Gasteiger partial charge in [0.05, 0.1) is 5.69 Å². The van der Waals surface area contributed by atoms with E-state index in [1.807, 2.05) is 27.0 Å². The predicted molar refractivity (Wildman–Crippen MR) is 49.8 cm³/mol. The minimum absolute atomic E-state index is 0.718. The molecule has 1 N–H and O–H groups in total. The lowest BCUT2D eigenvalue weighted by Crippen LogP contribution is -2.05. The van der Waals surface area contributed by atoms with Gasteiger partial charge in [0, 0.05) is 13.1 Å². The van der Waals surface area contributed by atoms with Gasteiger partial charge in [-0.15, -0.1) is 0 Å². The molecular weight excluding hydrogens is 166 g/mol. The fourth-order valence-electron chi connectivity index (χ4n) is 1.27. The second-order valence-electron chi connectivity index (χ2n) is 2.90. The first-order chi connectivity index (χ1) is 6.20. The molecule has 0 aromatic carbocycles.